The molecule has 2 heterocycles. The summed E-state index contributed by atoms with van der Waals surface area (Å²) in [6.07, 6.45) is 0. The molecule has 0 amide bonds. The third-order valence-electron chi connectivity index (χ3n) is 2.72. The number of carbonyl (C=O) groups is 1. The summed E-state index contributed by atoms with van der Waals surface area (Å²) >= 11 is 5.34. The Kier molecular flexibility index (Phi) is 5.84. The fourth-order valence-corrected chi connectivity index (χ4v) is 5.20. The van der Waals surface area contributed by atoms with E-state index >= 15 is 0 Å². The van der Waals surface area contributed by atoms with Gasteiger partial charge in [-0.3, -0.25) is 0 Å². The highest BCUT2D eigenvalue weighted by Crippen LogP contribution is 2.28. The molecular formula is C12H18N2O2S3. The van der Waals surface area contributed by atoms with E-state index in [1.54, 1.807) is 0 Å². The predicted octanol–water partition coefficient (Wildman–Crippen LogP) is 2.89. The van der Waals surface area contributed by atoms with E-state index in [1.807, 2.05) is 37.4 Å². The molecule has 0 spiro atoms. The predicted molar refractivity (Wildman–Crippen MR) is 84.9 cm³/mol. The molecule has 7 heteroatoms. The molecule has 1 aliphatic heterocycles. The lowest BCUT2D eigenvalue weighted by molar-refractivity contribution is 0.0527. The second-order valence-corrected chi connectivity index (χ2v) is 7.47. The molecule has 1 N–H and O–H groups in total. The van der Waals surface area contributed by atoms with Crippen LogP contribution in [0.5, 0.6) is 0 Å². The molecule has 1 aromatic heterocycles. The summed E-state index contributed by atoms with van der Waals surface area (Å²) in [6.45, 7) is 4.93. The summed E-state index contributed by atoms with van der Waals surface area (Å²) in [6, 6.07) is 0. The lowest BCUT2D eigenvalue weighted by atomic mass is 10.2. The number of aryl methyl sites for hydroxylation is 1. The number of esters is 1. The number of aromatic nitrogens is 1. The maximum Gasteiger partial charge on any atom is 0.343 e. The standard InChI is InChI=1S/C12H18N2O2S3/c1-3-16-12(15)10-8(2)14-19-11(10)13-6-9-7-17-4-5-18-9/h9,13H,3-7H2,1-2H3. The zero-order chi connectivity index (χ0) is 13.7. The summed E-state index contributed by atoms with van der Waals surface area (Å²) in [5.41, 5.74) is 1.34. The molecule has 0 bridgehead atoms. The van der Waals surface area contributed by atoms with Gasteiger partial charge >= 0.3 is 5.97 Å². The van der Waals surface area contributed by atoms with Gasteiger partial charge in [-0.2, -0.15) is 27.9 Å². The first kappa shape index (κ1) is 15.0. The maximum absolute atomic E-state index is 11.9. The van der Waals surface area contributed by atoms with E-state index in [0.717, 1.165) is 17.2 Å². The van der Waals surface area contributed by atoms with E-state index in [9.17, 15) is 4.79 Å². The summed E-state index contributed by atoms with van der Waals surface area (Å²) < 4.78 is 9.33. The van der Waals surface area contributed by atoms with Crippen LogP contribution in [0.25, 0.3) is 0 Å². The molecule has 1 saturated heterocycles. The van der Waals surface area contributed by atoms with E-state index in [0.29, 0.717) is 17.4 Å². The van der Waals surface area contributed by atoms with Crippen LogP contribution in [0.4, 0.5) is 5.00 Å². The first-order valence-corrected chi connectivity index (χ1v) is 9.26. The van der Waals surface area contributed by atoms with E-state index in [2.05, 4.69) is 9.69 Å². The zero-order valence-electron chi connectivity index (χ0n) is 11.1. The highest BCUT2D eigenvalue weighted by molar-refractivity contribution is 8.06. The first-order chi connectivity index (χ1) is 9.22. The Hall–Kier alpha value is -0.400. The molecule has 1 aliphatic rings. The van der Waals surface area contributed by atoms with Crippen molar-refractivity contribution in [2.75, 3.05) is 35.7 Å². The van der Waals surface area contributed by atoms with Gasteiger partial charge in [0.2, 0.25) is 0 Å². The van der Waals surface area contributed by atoms with Gasteiger partial charge in [0.05, 0.1) is 12.3 Å². The van der Waals surface area contributed by atoms with Crippen molar-refractivity contribution in [2.45, 2.75) is 19.1 Å². The number of nitrogens with zero attached hydrogens (tertiary/aromatic N) is 1. The van der Waals surface area contributed by atoms with Crippen LogP contribution in [-0.4, -0.2) is 46.0 Å². The van der Waals surface area contributed by atoms with Gasteiger partial charge in [0.1, 0.15) is 10.6 Å². The fourth-order valence-electron chi connectivity index (χ4n) is 1.80. The van der Waals surface area contributed by atoms with E-state index in [4.69, 9.17) is 4.74 Å². The Morgan fingerprint density at radius 1 is 1.53 bits per heavy atom. The summed E-state index contributed by atoms with van der Waals surface area (Å²) in [5.74, 6) is 3.35. The van der Waals surface area contributed by atoms with E-state index in [1.165, 1.54) is 28.8 Å². The molecule has 19 heavy (non-hydrogen) atoms. The molecule has 1 atom stereocenters. The number of carbonyl (C=O) groups excluding carboxylic acids is 1. The van der Waals surface area contributed by atoms with Crippen LogP contribution in [-0.2, 0) is 4.74 Å². The first-order valence-electron chi connectivity index (χ1n) is 6.29. The number of hydrogen-bond donors (Lipinski definition) is 1. The largest absolute Gasteiger partial charge is 0.462 e. The number of nitrogens with one attached hydrogen (secondary N) is 1. The lowest BCUT2D eigenvalue weighted by Crippen LogP contribution is -2.23. The molecule has 0 radical (unpaired) electrons. The van der Waals surface area contributed by atoms with Crippen LogP contribution >= 0.6 is 35.1 Å². The Labute approximate surface area is 126 Å². The van der Waals surface area contributed by atoms with Crippen molar-refractivity contribution in [3.8, 4) is 0 Å². The molecule has 4 nitrogen and oxygen atoms in total. The van der Waals surface area contributed by atoms with E-state index < -0.39 is 0 Å². The van der Waals surface area contributed by atoms with Gasteiger partial charge in [-0.1, -0.05) is 0 Å². The molecule has 1 fully saturated rings. The molecule has 106 valence electrons. The average Bonchev–Trinajstić information content (AvgIpc) is 2.79. The molecule has 2 rings (SSSR count). The quantitative estimate of drug-likeness (QED) is 0.843. The van der Waals surface area contributed by atoms with Gasteiger partial charge in [0.25, 0.3) is 0 Å². The summed E-state index contributed by atoms with van der Waals surface area (Å²) in [5, 5.41) is 4.81. The van der Waals surface area contributed by atoms with Crippen molar-refractivity contribution in [3.05, 3.63) is 11.3 Å². The monoisotopic (exact) mass is 318 g/mol. The van der Waals surface area contributed by atoms with E-state index in [-0.39, 0.29) is 5.97 Å². The maximum atomic E-state index is 11.9. The fraction of sp³-hybridized carbons (Fsp3) is 0.667. The van der Waals surface area contributed by atoms with Crippen LogP contribution in [0, 0.1) is 6.92 Å². The van der Waals surface area contributed by atoms with Crippen molar-refractivity contribution in [2.24, 2.45) is 0 Å². The highest BCUT2D eigenvalue weighted by Gasteiger charge is 2.21. The minimum atomic E-state index is -0.276. The Morgan fingerprint density at radius 2 is 2.37 bits per heavy atom. The number of hydrogen-bond acceptors (Lipinski definition) is 7. The lowest BCUT2D eigenvalue weighted by Gasteiger charge is -2.21. The molecule has 0 aliphatic carbocycles. The van der Waals surface area contributed by atoms with Crippen LogP contribution < -0.4 is 5.32 Å². The number of rotatable bonds is 5. The normalized spacial score (nSPS) is 19.2. The van der Waals surface area contributed by atoms with Crippen LogP contribution in [0.1, 0.15) is 23.0 Å². The SMILES string of the molecule is CCOC(=O)c1c(C)nsc1NCC1CSCCS1. The zero-order valence-corrected chi connectivity index (χ0v) is 13.6. The molecular weight excluding hydrogens is 300 g/mol. The second kappa shape index (κ2) is 7.40. The highest BCUT2D eigenvalue weighted by atomic mass is 32.2. The molecule has 0 aromatic carbocycles. The summed E-state index contributed by atoms with van der Waals surface area (Å²) in [4.78, 5) is 11.9. The molecule has 1 unspecified atom stereocenters. The number of ether oxygens (including phenoxy) is 1. The third-order valence-corrected chi connectivity index (χ3v) is 6.46. The number of anilines is 1. The minimum absolute atomic E-state index is 0.276. The molecule has 1 aromatic rings. The third kappa shape index (κ3) is 4.03. The minimum Gasteiger partial charge on any atom is -0.462 e. The topological polar surface area (TPSA) is 51.2 Å². The van der Waals surface area contributed by atoms with Gasteiger partial charge in [0.15, 0.2) is 0 Å². The van der Waals surface area contributed by atoms with Gasteiger partial charge in [-0.15, -0.1) is 0 Å². The smallest absolute Gasteiger partial charge is 0.343 e. The Morgan fingerprint density at radius 3 is 3.05 bits per heavy atom. The Balaban J connectivity index is 1.97. The average molecular weight is 318 g/mol. The van der Waals surface area contributed by atoms with Crippen LogP contribution in [0.3, 0.4) is 0 Å². The van der Waals surface area contributed by atoms with Crippen LogP contribution in [0.15, 0.2) is 0 Å². The van der Waals surface area contributed by atoms with Gasteiger partial charge in [-0.05, 0) is 25.4 Å². The van der Waals surface area contributed by atoms with Gasteiger partial charge < -0.3 is 10.1 Å². The van der Waals surface area contributed by atoms with Crippen molar-refractivity contribution >= 4 is 46.0 Å². The summed E-state index contributed by atoms with van der Waals surface area (Å²) in [7, 11) is 0. The second-order valence-electron chi connectivity index (χ2n) is 4.14. The van der Waals surface area contributed by atoms with Gasteiger partial charge in [0, 0.05) is 29.1 Å². The van der Waals surface area contributed by atoms with Gasteiger partial charge in [-0.25, -0.2) is 4.79 Å². The van der Waals surface area contributed by atoms with Crippen LogP contribution in [0.2, 0.25) is 0 Å². The number of thioether (sulfide) groups is 2. The van der Waals surface area contributed by atoms with Crippen molar-refractivity contribution in [3.63, 3.8) is 0 Å². The molecule has 0 saturated carbocycles. The van der Waals surface area contributed by atoms with Crippen molar-refractivity contribution in [1.29, 1.82) is 0 Å². The Bertz CT molecular complexity index is 431. The van der Waals surface area contributed by atoms with Crippen molar-refractivity contribution in [1.82, 2.24) is 4.37 Å². The van der Waals surface area contributed by atoms with Crippen molar-refractivity contribution < 1.29 is 9.53 Å².